The number of benzene rings is 1. The molecule has 1 N–H and O–H groups in total. The van der Waals surface area contributed by atoms with E-state index in [1.165, 1.54) is 4.90 Å². The summed E-state index contributed by atoms with van der Waals surface area (Å²) in [5.74, 6) is -0.106. The maximum absolute atomic E-state index is 13.6. The minimum absolute atomic E-state index is 0.0498. The van der Waals surface area contributed by atoms with Crippen LogP contribution in [0.15, 0.2) is 54.9 Å². The highest BCUT2D eigenvalue weighted by Crippen LogP contribution is 2.38. The molecule has 2 saturated heterocycles. The van der Waals surface area contributed by atoms with Crippen molar-refractivity contribution in [3.05, 3.63) is 66.0 Å². The predicted molar refractivity (Wildman–Crippen MR) is 117 cm³/mol. The lowest BCUT2D eigenvalue weighted by molar-refractivity contribution is -0.136. The summed E-state index contributed by atoms with van der Waals surface area (Å²) in [6.45, 7) is 4.19. The number of aromatic nitrogens is 1. The lowest BCUT2D eigenvalue weighted by atomic mass is 9.85. The quantitative estimate of drug-likeness (QED) is 0.693. The summed E-state index contributed by atoms with van der Waals surface area (Å²) in [4.78, 5) is 36.6. The van der Waals surface area contributed by atoms with Gasteiger partial charge in [0.05, 0.1) is 13.2 Å². The van der Waals surface area contributed by atoms with Crippen LogP contribution in [0.5, 0.6) is 0 Å². The molecular formula is C24H30N4O3. The van der Waals surface area contributed by atoms with Gasteiger partial charge in [0.15, 0.2) is 0 Å². The molecule has 1 aromatic heterocycles. The molecule has 164 valence electrons. The molecule has 7 nitrogen and oxygen atoms in total. The lowest BCUT2D eigenvalue weighted by Crippen LogP contribution is -2.58. The zero-order chi connectivity index (χ0) is 21.8. The molecule has 0 aliphatic carbocycles. The molecular weight excluding hydrogens is 392 g/mol. The van der Waals surface area contributed by atoms with Crippen LogP contribution in [0.25, 0.3) is 0 Å². The highest BCUT2D eigenvalue weighted by Gasteiger charge is 2.57. The zero-order valence-electron chi connectivity index (χ0n) is 18.0. The van der Waals surface area contributed by atoms with Crippen molar-refractivity contribution in [3.8, 4) is 0 Å². The Morgan fingerprint density at radius 3 is 2.42 bits per heavy atom. The molecule has 3 amide bonds. The second-order valence-corrected chi connectivity index (χ2v) is 8.52. The third-order valence-electron chi connectivity index (χ3n) is 6.66. The molecule has 2 aliphatic heterocycles. The van der Waals surface area contributed by atoms with Gasteiger partial charge in [-0.3, -0.25) is 19.6 Å². The Morgan fingerprint density at radius 1 is 1.06 bits per heavy atom. The molecule has 2 aromatic rings. The minimum atomic E-state index is -0.806. The molecule has 0 unspecified atom stereocenters. The van der Waals surface area contributed by atoms with E-state index in [-0.39, 0.29) is 31.1 Å². The van der Waals surface area contributed by atoms with Gasteiger partial charge in [0.2, 0.25) is 0 Å². The van der Waals surface area contributed by atoms with E-state index in [1.807, 2.05) is 49.4 Å². The first-order chi connectivity index (χ1) is 15.0. The summed E-state index contributed by atoms with van der Waals surface area (Å²) in [5, 5.41) is 9.52. The molecule has 2 aliphatic rings. The fourth-order valence-electron chi connectivity index (χ4n) is 4.73. The van der Waals surface area contributed by atoms with E-state index in [0.29, 0.717) is 38.9 Å². The van der Waals surface area contributed by atoms with E-state index in [1.54, 1.807) is 17.3 Å². The Labute approximate surface area is 183 Å². The molecule has 0 saturated carbocycles. The number of hydrogen-bond donors (Lipinski definition) is 1. The number of imide groups is 1. The van der Waals surface area contributed by atoms with Crippen LogP contribution >= 0.6 is 0 Å². The van der Waals surface area contributed by atoms with Crippen molar-refractivity contribution >= 4 is 11.9 Å². The van der Waals surface area contributed by atoms with Gasteiger partial charge in [-0.2, -0.15) is 0 Å². The molecule has 1 spiro atoms. The second kappa shape index (κ2) is 9.16. The predicted octanol–water partition coefficient (Wildman–Crippen LogP) is 2.30. The van der Waals surface area contributed by atoms with Crippen molar-refractivity contribution in [2.75, 3.05) is 26.2 Å². The summed E-state index contributed by atoms with van der Waals surface area (Å²) in [5.41, 5.74) is 1.19. The summed E-state index contributed by atoms with van der Waals surface area (Å²) in [6, 6.07) is 13.6. The van der Waals surface area contributed by atoms with Crippen LogP contribution in [0.3, 0.4) is 0 Å². The average molecular weight is 423 g/mol. The maximum atomic E-state index is 13.6. The molecule has 2 fully saturated rings. The number of pyridine rings is 1. The largest absolute Gasteiger partial charge is 0.395 e. The third-order valence-corrected chi connectivity index (χ3v) is 6.66. The van der Waals surface area contributed by atoms with Crippen LogP contribution in [0, 0.1) is 0 Å². The van der Waals surface area contributed by atoms with E-state index in [4.69, 9.17) is 0 Å². The first-order valence-corrected chi connectivity index (χ1v) is 11.0. The third kappa shape index (κ3) is 4.20. The van der Waals surface area contributed by atoms with Gasteiger partial charge in [0, 0.05) is 38.1 Å². The topological polar surface area (TPSA) is 77.0 Å². The lowest BCUT2D eigenvalue weighted by Gasteiger charge is -2.43. The van der Waals surface area contributed by atoms with Crippen LogP contribution < -0.4 is 0 Å². The number of aliphatic hydroxyl groups is 1. The van der Waals surface area contributed by atoms with Crippen LogP contribution in [0.4, 0.5) is 4.79 Å². The Balaban J connectivity index is 1.57. The van der Waals surface area contributed by atoms with E-state index in [9.17, 15) is 14.7 Å². The van der Waals surface area contributed by atoms with Gasteiger partial charge in [-0.15, -0.1) is 0 Å². The van der Waals surface area contributed by atoms with Crippen molar-refractivity contribution in [3.63, 3.8) is 0 Å². The van der Waals surface area contributed by atoms with E-state index >= 15 is 0 Å². The average Bonchev–Trinajstić information content (AvgIpc) is 3.00. The molecule has 0 bridgehead atoms. The number of carbonyl (C=O) groups is 2. The van der Waals surface area contributed by atoms with Gasteiger partial charge >= 0.3 is 6.03 Å². The second-order valence-electron chi connectivity index (χ2n) is 8.52. The number of amides is 3. The Bertz CT molecular complexity index is 898. The van der Waals surface area contributed by atoms with Gasteiger partial charge in [-0.25, -0.2) is 4.79 Å². The minimum Gasteiger partial charge on any atom is -0.395 e. The molecule has 7 heteroatoms. The molecule has 4 rings (SSSR count). The number of rotatable bonds is 7. The standard InChI is InChI=1S/C24H30N4O3/c1-19(18-29)26-14-10-24(11-15-26)22(30)27(17-21-8-5-12-25-16-21)23(31)28(24)13-9-20-6-3-2-4-7-20/h2-8,12,16,19,29H,9-11,13-15,17-18H2,1H3/t19-/m0/s1. The first kappa shape index (κ1) is 21.5. The maximum Gasteiger partial charge on any atom is 0.328 e. The van der Waals surface area contributed by atoms with E-state index in [0.717, 1.165) is 11.1 Å². The number of aliphatic hydroxyl groups excluding tert-OH is 1. The smallest absolute Gasteiger partial charge is 0.328 e. The summed E-state index contributed by atoms with van der Waals surface area (Å²) in [6.07, 6.45) is 5.26. The normalized spacial score (nSPS) is 19.9. The zero-order valence-corrected chi connectivity index (χ0v) is 18.0. The van der Waals surface area contributed by atoms with Gasteiger partial charge < -0.3 is 10.0 Å². The Kier molecular flexibility index (Phi) is 6.34. The van der Waals surface area contributed by atoms with Crippen molar-refractivity contribution in [1.29, 1.82) is 0 Å². The highest BCUT2D eigenvalue weighted by atomic mass is 16.3. The van der Waals surface area contributed by atoms with Crippen LogP contribution in [-0.2, 0) is 17.8 Å². The monoisotopic (exact) mass is 422 g/mol. The van der Waals surface area contributed by atoms with E-state index in [2.05, 4.69) is 9.88 Å². The number of piperidine rings is 1. The number of nitrogens with zero attached hydrogens (tertiary/aromatic N) is 4. The number of hydrogen-bond acceptors (Lipinski definition) is 5. The molecule has 0 radical (unpaired) electrons. The summed E-state index contributed by atoms with van der Waals surface area (Å²) < 4.78 is 0. The fourth-order valence-corrected chi connectivity index (χ4v) is 4.73. The molecule has 1 atom stereocenters. The number of urea groups is 1. The van der Waals surface area contributed by atoms with Crippen molar-refractivity contribution in [2.45, 2.75) is 44.3 Å². The van der Waals surface area contributed by atoms with Crippen LogP contribution in [-0.4, -0.2) is 74.6 Å². The van der Waals surface area contributed by atoms with Gasteiger partial charge in [-0.1, -0.05) is 36.4 Å². The van der Waals surface area contributed by atoms with Gasteiger partial charge in [-0.05, 0) is 43.4 Å². The molecule has 3 heterocycles. The SMILES string of the molecule is C[C@@H](CO)N1CCC2(CC1)C(=O)N(Cc1cccnc1)C(=O)N2CCc1ccccc1. The van der Waals surface area contributed by atoms with Crippen molar-refractivity contribution in [1.82, 2.24) is 19.7 Å². The van der Waals surface area contributed by atoms with Crippen LogP contribution in [0.1, 0.15) is 30.9 Å². The Hall–Kier alpha value is -2.77. The highest BCUT2D eigenvalue weighted by molar-refractivity contribution is 6.07. The number of likely N-dealkylation sites (tertiary alicyclic amines) is 1. The number of carbonyl (C=O) groups excluding carboxylic acids is 2. The van der Waals surface area contributed by atoms with Crippen LogP contribution in [0.2, 0.25) is 0 Å². The molecule has 1 aromatic carbocycles. The first-order valence-electron chi connectivity index (χ1n) is 11.0. The summed E-state index contributed by atoms with van der Waals surface area (Å²) >= 11 is 0. The van der Waals surface area contributed by atoms with Gasteiger partial charge in [0.25, 0.3) is 5.91 Å². The summed E-state index contributed by atoms with van der Waals surface area (Å²) in [7, 11) is 0. The van der Waals surface area contributed by atoms with Gasteiger partial charge in [0.1, 0.15) is 5.54 Å². The fraction of sp³-hybridized carbons (Fsp3) is 0.458. The Morgan fingerprint density at radius 2 is 1.77 bits per heavy atom. The van der Waals surface area contributed by atoms with Crippen molar-refractivity contribution in [2.24, 2.45) is 0 Å². The van der Waals surface area contributed by atoms with E-state index < -0.39 is 5.54 Å². The molecule has 31 heavy (non-hydrogen) atoms. The van der Waals surface area contributed by atoms with Crippen molar-refractivity contribution < 1.29 is 14.7 Å².